The maximum atomic E-state index is 4.70. The monoisotopic (exact) mass is 825 g/mol. The Morgan fingerprint density at radius 1 is 0.745 bits per heavy atom. The number of benzene rings is 4. The molecule has 0 N–H and O–H groups in total. The molecule has 0 unspecified atom stereocenters. The number of nitrogens with zero attached hydrogens (tertiary/aromatic N) is 2. The third-order valence-electron chi connectivity index (χ3n) is 8.33. The van der Waals surface area contributed by atoms with Crippen LogP contribution in [0.15, 0.2) is 116 Å². The standard InChI is InChI=1S/C27H22NS.C15H18NSi.Ir/c1-27(2,3)19-15-16-28-23(17-19)21-12-7-13-22-25-20(18-9-5-4-6-10-18)11-8-14-24(25)29-26(21)22;1-12-10-14(13-8-6-5-7-9-13)16-11-15(12)17(2,3)4;/h4-11,13-17H,1-3H3;5-8,10-11H,1-4H3;/q2*-1;. The van der Waals surface area contributed by atoms with Crippen molar-refractivity contribution >= 4 is 44.8 Å². The molecule has 4 aromatic carbocycles. The van der Waals surface area contributed by atoms with Crippen LogP contribution in [0.4, 0.5) is 0 Å². The van der Waals surface area contributed by atoms with Gasteiger partial charge in [-0.1, -0.05) is 106 Å². The predicted octanol–water partition coefficient (Wildman–Crippen LogP) is 11.3. The normalized spacial score (nSPS) is 11.6. The van der Waals surface area contributed by atoms with Crippen LogP contribution >= 0.6 is 11.3 Å². The van der Waals surface area contributed by atoms with Gasteiger partial charge in [0.2, 0.25) is 0 Å². The van der Waals surface area contributed by atoms with Crippen LogP contribution in [0.25, 0.3) is 53.8 Å². The summed E-state index contributed by atoms with van der Waals surface area (Å²) in [4.78, 5) is 9.28. The summed E-state index contributed by atoms with van der Waals surface area (Å²) in [5.74, 6) is 0. The summed E-state index contributed by atoms with van der Waals surface area (Å²) in [6.07, 6.45) is 3.98. The number of rotatable bonds is 4. The van der Waals surface area contributed by atoms with E-state index in [1.165, 1.54) is 47.6 Å². The summed E-state index contributed by atoms with van der Waals surface area (Å²) < 4.78 is 2.55. The number of hydrogen-bond acceptors (Lipinski definition) is 3. The van der Waals surface area contributed by atoms with Crippen molar-refractivity contribution in [2.45, 2.75) is 52.8 Å². The van der Waals surface area contributed by atoms with Gasteiger partial charge in [0.15, 0.2) is 0 Å². The van der Waals surface area contributed by atoms with Crippen molar-refractivity contribution in [2.24, 2.45) is 0 Å². The van der Waals surface area contributed by atoms with Gasteiger partial charge >= 0.3 is 0 Å². The number of pyridine rings is 2. The van der Waals surface area contributed by atoms with Crippen molar-refractivity contribution < 1.29 is 20.1 Å². The third-order valence-corrected chi connectivity index (χ3v) is 11.7. The molecule has 0 amide bonds. The molecule has 7 rings (SSSR count). The van der Waals surface area contributed by atoms with Crippen LogP contribution in [0, 0.1) is 19.1 Å². The Hall–Kier alpha value is -3.73. The van der Waals surface area contributed by atoms with Gasteiger partial charge in [-0.25, -0.2) is 0 Å². The van der Waals surface area contributed by atoms with E-state index in [0.29, 0.717) is 0 Å². The zero-order chi connectivity index (χ0) is 32.5. The molecule has 0 bridgehead atoms. The van der Waals surface area contributed by atoms with Crippen molar-refractivity contribution in [2.75, 3.05) is 0 Å². The van der Waals surface area contributed by atoms with E-state index < -0.39 is 8.07 Å². The Morgan fingerprint density at radius 3 is 2.19 bits per heavy atom. The molecule has 0 aliphatic heterocycles. The van der Waals surface area contributed by atoms with Gasteiger partial charge in [0.25, 0.3) is 0 Å². The second-order valence-electron chi connectivity index (χ2n) is 13.8. The van der Waals surface area contributed by atoms with E-state index in [0.717, 1.165) is 22.5 Å². The van der Waals surface area contributed by atoms with Gasteiger partial charge in [-0.05, 0) is 67.8 Å². The Labute approximate surface area is 298 Å². The smallest absolute Gasteiger partial charge is 0.0798 e. The zero-order valence-corrected chi connectivity index (χ0v) is 32.3. The second-order valence-corrected chi connectivity index (χ2v) is 19.9. The minimum absolute atomic E-state index is 0. The van der Waals surface area contributed by atoms with E-state index in [1.54, 1.807) is 0 Å². The molecule has 0 saturated carbocycles. The summed E-state index contributed by atoms with van der Waals surface area (Å²) >= 11 is 1.83. The molecule has 1 radical (unpaired) electrons. The van der Waals surface area contributed by atoms with Gasteiger partial charge in [0.1, 0.15) is 0 Å². The number of hydrogen-bond donors (Lipinski definition) is 0. The Balaban J connectivity index is 0.000000207. The van der Waals surface area contributed by atoms with Crippen LogP contribution in [0.3, 0.4) is 0 Å². The van der Waals surface area contributed by atoms with E-state index in [2.05, 4.69) is 150 Å². The molecule has 47 heavy (non-hydrogen) atoms. The molecule has 3 heterocycles. The van der Waals surface area contributed by atoms with Crippen molar-refractivity contribution in [1.29, 1.82) is 0 Å². The predicted molar refractivity (Wildman–Crippen MR) is 202 cm³/mol. The molecule has 0 saturated heterocycles. The minimum atomic E-state index is -1.27. The van der Waals surface area contributed by atoms with E-state index in [9.17, 15) is 0 Å². The first kappa shape index (κ1) is 34.6. The van der Waals surface area contributed by atoms with Gasteiger partial charge in [0, 0.05) is 37.2 Å². The van der Waals surface area contributed by atoms with Gasteiger partial charge in [-0.15, -0.1) is 59.7 Å². The minimum Gasteiger partial charge on any atom is -0.305 e. The average Bonchev–Trinajstić information content (AvgIpc) is 3.44. The van der Waals surface area contributed by atoms with E-state index in [1.807, 2.05) is 41.8 Å². The molecule has 0 aliphatic carbocycles. The second kappa shape index (κ2) is 14.2. The number of aryl methyl sites for hydroxylation is 1. The van der Waals surface area contributed by atoms with Gasteiger partial charge in [-0.2, -0.15) is 11.3 Å². The van der Waals surface area contributed by atoms with Crippen molar-refractivity contribution in [3.05, 3.63) is 139 Å². The van der Waals surface area contributed by atoms with Crippen LogP contribution in [0.2, 0.25) is 19.6 Å². The molecular weight excluding hydrogens is 785 g/mol. The van der Waals surface area contributed by atoms with E-state index >= 15 is 0 Å². The Morgan fingerprint density at radius 2 is 1.51 bits per heavy atom. The first-order chi connectivity index (χ1) is 22.0. The molecule has 0 fully saturated rings. The van der Waals surface area contributed by atoms with E-state index in [4.69, 9.17) is 4.98 Å². The fourth-order valence-electron chi connectivity index (χ4n) is 5.91. The molecule has 3 aromatic heterocycles. The Bertz CT molecular complexity index is 2120. The quantitative estimate of drug-likeness (QED) is 0.131. The number of thiophene rings is 1. The fraction of sp³-hybridized carbons (Fsp3) is 0.190. The van der Waals surface area contributed by atoms with Crippen LogP contribution < -0.4 is 5.19 Å². The largest absolute Gasteiger partial charge is 0.305 e. The van der Waals surface area contributed by atoms with E-state index in [-0.39, 0.29) is 25.5 Å². The molecular formula is C42H40IrN2SSi-2. The molecule has 0 spiro atoms. The molecule has 5 heteroatoms. The summed E-state index contributed by atoms with van der Waals surface area (Å²) in [6.45, 7) is 16.0. The number of fused-ring (bicyclic) bond motifs is 3. The van der Waals surface area contributed by atoms with Crippen LogP contribution in [-0.4, -0.2) is 18.0 Å². The van der Waals surface area contributed by atoms with Crippen molar-refractivity contribution in [1.82, 2.24) is 9.97 Å². The topological polar surface area (TPSA) is 25.8 Å². The van der Waals surface area contributed by atoms with Gasteiger partial charge in [-0.3, -0.25) is 0 Å². The summed E-state index contributed by atoms with van der Waals surface area (Å²) in [7, 11) is -1.27. The fourth-order valence-corrected chi connectivity index (χ4v) is 8.86. The Kier molecular flexibility index (Phi) is 10.4. The zero-order valence-electron chi connectivity index (χ0n) is 28.1. The van der Waals surface area contributed by atoms with Crippen LogP contribution in [-0.2, 0) is 25.5 Å². The molecule has 7 aromatic rings. The first-order valence-electron chi connectivity index (χ1n) is 15.8. The first-order valence-corrected chi connectivity index (χ1v) is 20.1. The summed E-state index contributed by atoms with van der Waals surface area (Å²) in [5.41, 5.74) is 9.44. The molecule has 2 nitrogen and oxygen atoms in total. The maximum Gasteiger partial charge on any atom is 0.0798 e. The average molecular weight is 825 g/mol. The summed E-state index contributed by atoms with van der Waals surface area (Å²) in [6, 6.07) is 42.6. The van der Waals surface area contributed by atoms with Crippen molar-refractivity contribution in [3.8, 4) is 33.6 Å². The molecule has 0 aliphatic rings. The van der Waals surface area contributed by atoms with Crippen molar-refractivity contribution in [3.63, 3.8) is 0 Å². The summed E-state index contributed by atoms with van der Waals surface area (Å²) in [5, 5.41) is 4.04. The van der Waals surface area contributed by atoms with Crippen LogP contribution in [0.1, 0.15) is 31.9 Å². The van der Waals surface area contributed by atoms with Gasteiger partial charge < -0.3 is 9.97 Å². The maximum absolute atomic E-state index is 4.70. The number of aromatic nitrogens is 2. The molecule has 0 atom stereocenters. The molecule has 239 valence electrons. The van der Waals surface area contributed by atoms with Gasteiger partial charge in [0.05, 0.1) is 8.07 Å². The van der Waals surface area contributed by atoms with Crippen LogP contribution in [0.5, 0.6) is 0 Å². The SMILES string of the molecule is CC(C)(C)c1ccnc(-c2[c-]ccc3c2sc2cccc(-c4ccccc4)c23)c1.Cc1cc(-c2[c-]cccc2)ncc1[Si](C)(C)C.[Ir]. The third kappa shape index (κ3) is 7.55.